The van der Waals surface area contributed by atoms with Crippen LogP contribution < -0.4 is 10.6 Å². The zero-order valence-corrected chi connectivity index (χ0v) is 12.2. The fraction of sp³-hybridized carbons (Fsp3) is 0.929. The van der Waals surface area contributed by atoms with Gasteiger partial charge in [0.2, 0.25) is 5.91 Å². The normalized spacial score (nSPS) is 16.3. The molecular formula is C14H30N2O. The number of hydrogen-bond donors (Lipinski definition) is 2. The van der Waals surface area contributed by atoms with E-state index in [1.165, 1.54) is 0 Å². The van der Waals surface area contributed by atoms with Crippen molar-refractivity contribution in [2.75, 3.05) is 6.54 Å². The lowest BCUT2D eigenvalue weighted by molar-refractivity contribution is -0.127. The van der Waals surface area contributed by atoms with Gasteiger partial charge < -0.3 is 10.6 Å². The van der Waals surface area contributed by atoms with E-state index in [1.807, 2.05) is 6.92 Å². The highest BCUT2D eigenvalue weighted by molar-refractivity contribution is 5.85. The summed E-state index contributed by atoms with van der Waals surface area (Å²) in [7, 11) is 0. The number of unbranched alkanes of at least 4 members (excludes halogenated alkanes) is 1. The van der Waals surface area contributed by atoms with E-state index in [1.54, 1.807) is 0 Å². The zero-order chi connectivity index (χ0) is 13.3. The number of carbonyl (C=O) groups is 1. The van der Waals surface area contributed by atoms with Crippen molar-refractivity contribution in [2.45, 2.75) is 78.3 Å². The molecule has 0 rings (SSSR count). The van der Waals surface area contributed by atoms with E-state index in [2.05, 4.69) is 38.3 Å². The molecule has 0 heterocycles. The largest absolute Gasteiger partial charge is 0.355 e. The van der Waals surface area contributed by atoms with E-state index in [-0.39, 0.29) is 5.91 Å². The molecule has 2 unspecified atom stereocenters. The van der Waals surface area contributed by atoms with Gasteiger partial charge in [-0.15, -0.1) is 0 Å². The average molecular weight is 242 g/mol. The Labute approximate surface area is 107 Å². The lowest BCUT2D eigenvalue weighted by atomic mass is 9.92. The monoisotopic (exact) mass is 242 g/mol. The van der Waals surface area contributed by atoms with Crippen molar-refractivity contribution >= 4 is 5.91 Å². The van der Waals surface area contributed by atoms with Gasteiger partial charge in [-0.25, -0.2) is 0 Å². The highest BCUT2D eigenvalue weighted by atomic mass is 16.2. The summed E-state index contributed by atoms with van der Waals surface area (Å²) < 4.78 is 0. The average Bonchev–Trinajstić information content (AvgIpc) is 2.33. The van der Waals surface area contributed by atoms with E-state index in [9.17, 15) is 4.79 Å². The summed E-state index contributed by atoms with van der Waals surface area (Å²) in [5.74, 6) is 0.146. The molecule has 0 radical (unpaired) electrons. The SMILES string of the molecule is CCCCC(C)(NC(C)CC)C(=O)NCCC. The van der Waals surface area contributed by atoms with E-state index in [4.69, 9.17) is 0 Å². The van der Waals surface area contributed by atoms with Crippen LogP contribution in [0.5, 0.6) is 0 Å². The molecule has 1 amide bonds. The van der Waals surface area contributed by atoms with Crippen LogP contribution in [0.15, 0.2) is 0 Å². The summed E-state index contributed by atoms with van der Waals surface area (Å²) in [4.78, 5) is 12.2. The number of carbonyl (C=O) groups excluding carboxylic acids is 1. The number of rotatable bonds is 9. The van der Waals surface area contributed by atoms with Crippen molar-refractivity contribution in [1.29, 1.82) is 0 Å². The fourth-order valence-electron chi connectivity index (χ4n) is 1.86. The van der Waals surface area contributed by atoms with Crippen LogP contribution in [0.1, 0.15) is 66.7 Å². The molecular weight excluding hydrogens is 212 g/mol. The molecule has 0 bridgehead atoms. The summed E-state index contributed by atoms with van der Waals surface area (Å²) in [5, 5.41) is 6.48. The third kappa shape index (κ3) is 6.06. The van der Waals surface area contributed by atoms with Gasteiger partial charge in [0.15, 0.2) is 0 Å². The fourth-order valence-corrected chi connectivity index (χ4v) is 1.86. The molecule has 3 heteroatoms. The van der Waals surface area contributed by atoms with Crippen LogP contribution in [0.2, 0.25) is 0 Å². The summed E-state index contributed by atoms with van der Waals surface area (Å²) in [6.07, 6.45) is 5.14. The first-order valence-corrected chi connectivity index (χ1v) is 7.06. The van der Waals surface area contributed by atoms with Gasteiger partial charge in [-0.05, 0) is 33.1 Å². The molecule has 0 fully saturated rings. The second kappa shape index (κ2) is 8.51. The van der Waals surface area contributed by atoms with Crippen LogP contribution in [-0.4, -0.2) is 24.0 Å². The minimum atomic E-state index is -0.416. The van der Waals surface area contributed by atoms with Gasteiger partial charge >= 0.3 is 0 Å². The molecule has 0 saturated heterocycles. The Morgan fingerprint density at radius 2 is 1.88 bits per heavy atom. The van der Waals surface area contributed by atoms with Crippen molar-refractivity contribution in [3.63, 3.8) is 0 Å². The van der Waals surface area contributed by atoms with Crippen LogP contribution >= 0.6 is 0 Å². The highest BCUT2D eigenvalue weighted by Crippen LogP contribution is 2.16. The summed E-state index contributed by atoms with van der Waals surface area (Å²) in [6, 6.07) is 0.379. The maximum Gasteiger partial charge on any atom is 0.240 e. The molecule has 0 saturated carbocycles. The lowest BCUT2D eigenvalue weighted by Gasteiger charge is -2.32. The van der Waals surface area contributed by atoms with Crippen LogP contribution in [0, 0.1) is 0 Å². The molecule has 0 aliphatic carbocycles. The molecule has 102 valence electrons. The van der Waals surface area contributed by atoms with Crippen molar-refractivity contribution in [1.82, 2.24) is 10.6 Å². The predicted molar refractivity (Wildman–Crippen MR) is 74.1 cm³/mol. The quantitative estimate of drug-likeness (QED) is 0.653. The summed E-state index contributed by atoms with van der Waals surface area (Å²) in [5.41, 5.74) is -0.416. The molecule has 17 heavy (non-hydrogen) atoms. The van der Waals surface area contributed by atoms with Crippen molar-refractivity contribution in [3.8, 4) is 0 Å². The molecule has 3 nitrogen and oxygen atoms in total. The van der Waals surface area contributed by atoms with Crippen LogP contribution in [0.25, 0.3) is 0 Å². The zero-order valence-electron chi connectivity index (χ0n) is 12.2. The molecule has 0 spiro atoms. The smallest absolute Gasteiger partial charge is 0.240 e. The standard InChI is InChI=1S/C14H30N2O/c1-6-9-10-14(5,16-12(4)8-3)13(17)15-11-7-2/h12,16H,6-11H2,1-5H3,(H,15,17). The molecule has 0 aliphatic heterocycles. The Morgan fingerprint density at radius 3 is 2.35 bits per heavy atom. The van der Waals surface area contributed by atoms with Crippen molar-refractivity contribution in [2.24, 2.45) is 0 Å². The Kier molecular flexibility index (Phi) is 8.23. The first-order chi connectivity index (χ1) is 8.00. The summed E-state index contributed by atoms with van der Waals surface area (Å²) >= 11 is 0. The molecule has 2 atom stereocenters. The van der Waals surface area contributed by atoms with E-state index >= 15 is 0 Å². The Hall–Kier alpha value is -0.570. The third-order valence-electron chi connectivity index (χ3n) is 3.24. The van der Waals surface area contributed by atoms with Gasteiger partial charge in [0.1, 0.15) is 0 Å². The number of hydrogen-bond acceptors (Lipinski definition) is 2. The van der Waals surface area contributed by atoms with Crippen LogP contribution in [0.3, 0.4) is 0 Å². The number of nitrogens with one attached hydrogen (secondary N) is 2. The first kappa shape index (κ1) is 16.4. The molecule has 0 aromatic rings. The highest BCUT2D eigenvalue weighted by Gasteiger charge is 2.32. The minimum absolute atomic E-state index is 0.146. The third-order valence-corrected chi connectivity index (χ3v) is 3.24. The maximum atomic E-state index is 12.2. The first-order valence-electron chi connectivity index (χ1n) is 7.06. The maximum absolute atomic E-state index is 12.2. The molecule has 0 aromatic carbocycles. The molecule has 0 aromatic heterocycles. The Morgan fingerprint density at radius 1 is 1.24 bits per heavy atom. The van der Waals surface area contributed by atoms with Gasteiger partial charge in [-0.2, -0.15) is 0 Å². The molecule has 2 N–H and O–H groups in total. The van der Waals surface area contributed by atoms with E-state index in [0.29, 0.717) is 6.04 Å². The van der Waals surface area contributed by atoms with Crippen molar-refractivity contribution in [3.05, 3.63) is 0 Å². The van der Waals surface area contributed by atoms with Gasteiger partial charge in [-0.3, -0.25) is 4.79 Å². The topological polar surface area (TPSA) is 41.1 Å². The minimum Gasteiger partial charge on any atom is -0.355 e. The summed E-state index contributed by atoms with van der Waals surface area (Å²) in [6.45, 7) is 11.3. The van der Waals surface area contributed by atoms with Gasteiger partial charge in [0.25, 0.3) is 0 Å². The van der Waals surface area contributed by atoms with Gasteiger partial charge in [0.05, 0.1) is 5.54 Å². The Balaban J connectivity index is 4.51. The Bertz CT molecular complexity index is 218. The van der Waals surface area contributed by atoms with Gasteiger partial charge in [0, 0.05) is 12.6 Å². The van der Waals surface area contributed by atoms with Crippen molar-refractivity contribution < 1.29 is 4.79 Å². The van der Waals surface area contributed by atoms with Gasteiger partial charge in [-0.1, -0.05) is 33.6 Å². The van der Waals surface area contributed by atoms with Crippen LogP contribution in [-0.2, 0) is 4.79 Å². The second-order valence-corrected chi connectivity index (χ2v) is 5.15. The lowest BCUT2D eigenvalue weighted by Crippen LogP contribution is -2.57. The number of amides is 1. The van der Waals surface area contributed by atoms with Crippen LogP contribution in [0.4, 0.5) is 0 Å². The van der Waals surface area contributed by atoms with E-state index in [0.717, 1.165) is 38.6 Å². The molecule has 0 aliphatic rings. The predicted octanol–water partition coefficient (Wildman–Crippen LogP) is 2.85. The second-order valence-electron chi connectivity index (χ2n) is 5.15. The van der Waals surface area contributed by atoms with E-state index < -0.39 is 5.54 Å².